The van der Waals surface area contributed by atoms with E-state index in [0.717, 1.165) is 114 Å². The number of aliphatic carboxylic acids is 1. The van der Waals surface area contributed by atoms with Crippen LogP contribution in [0.5, 0.6) is 0 Å². The molecule has 6 aliphatic carbocycles. The van der Waals surface area contributed by atoms with Gasteiger partial charge in [-0.2, -0.15) is 0 Å². The van der Waals surface area contributed by atoms with E-state index in [1.807, 2.05) is 13.8 Å². The SMILES string of the molecule is C=C(C)[C@@H]1CC[C@]2(C(=O)N3CCC[C@H]3c3nc(-c4ccc(F)cc4)cn3CCN(C)C)CC[C@]3(C)[C@H](CC[C@@H]4[C@@]5(C)CC[C@H](OC(=O)[C@H]6C[C@@H](C(=O)O)C6(C)C)C(C)(C)[C@@H]5CC[C@]43C)[C@@]12C. The number of ether oxygens (including phenoxy) is 1. The maximum Gasteiger partial charge on any atom is 0.309 e. The molecule has 1 aliphatic heterocycles. The summed E-state index contributed by atoms with van der Waals surface area (Å²) < 4.78 is 22.8. The number of hydrogen-bond donors (Lipinski definition) is 1. The summed E-state index contributed by atoms with van der Waals surface area (Å²) in [4.78, 5) is 51.5. The van der Waals surface area contributed by atoms with Crippen molar-refractivity contribution in [3.8, 4) is 11.3 Å². The molecule has 13 atom stereocenters. The number of allylic oxidation sites excluding steroid dienone is 1. The molecule has 66 heavy (non-hydrogen) atoms. The quantitative estimate of drug-likeness (QED) is 0.187. The van der Waals surface area contributed by atoms with E-state index in [0.29, 0.717) is 30.1 Å². The number of carbonyl (C=O) groups is 3. The van der Waals surface area contributed by atoms with Crippen LogP contribution in [0.2, 0.25) is 0 Å². The highest BCUT2D eigenvalue weighted by Crippen LogP contribution is 2.81. The van der Waals surface area contributed by atoms with Crippen LogP contribution in [0.3, 0.4) is 0 Å². The topological polar surface area (TPSA) is 105 Å². The molecule has 0 radical (unpaired) electrons. The summed E-state index contributed by atoms with van der Waals surface area (Å²) in [6, 6.07) is 6.48. The number of hydrogen-bond acceptors (Lipinski definition) is 6. The minimum atomic E-state index is -0.826. The Balaban J connectivity index is 1.00. The Kier molecular flexibility index (Phi) is 11.5. The van der Waals surface area contributed by atoms with Gasteiger partial charge in [-0.25, -0.2) is 9.37 Å². The predicted molar refractivity (Wildman–Crippen MR) is 256 cm³/mol. The molecule has 0 unspecified atom stereocenters. The minimum Gasteiger partial charge on any atom is -0.481 e. The van der Waals surface area contributed by atoms with Crippen LogP contribution in [0.4, 0.5) is 4.39 Å². The lowest BCUT2D eigenvalue weighted by molar-refractivity contribution is -0.265. The zero-order valence-electron chi connectivity index (χ0n) is 42.3. The van der Waals surface area contributed by atoms with Crippen LogP contribution in [0.15, 0.2) is 42.6 Å². The number of likely N-dealkylation sites (tertiary alicyclic amines) is 1. The van der Waals surface area contributed by atoms with E-state index in [9.17, 15) is 19.1 Å². The third-order valence-corrected chi connectivity index (χ3v) is 21.9. The molecule has 1 aromatic heterocycles. The normalized spacial score (nSPS) is 41.0. The van der Waals surface area contributed by atoms with E-state index in [-0.39, 0.29) is 62.8 Å². The van der Waals surface area contributed by atoms with Gasteiger partial charge in [0.1, 0.15) is 17.7 Å². The van der Waals surface area contributed by atoms with Crippen LogP contribution in [0.25, 0.3) is 11.3 Å². The fourth-order valence-corrected chi connectivity index (χ4v) is 17.9. The summed E-state index contributed by atoms with van der Waals surface area (Å²) in [6.07, 6.45) is 14.2. The van der Waals surface area contributed by atoms with Crippen molar-refractivity contribution >= 4 is 17.8 Å². The smallest absolute Gasteiger partial charge is 0.309 e. The van der Waals surface area contributed by atoms with Crippen LogP contribution >= 0.6 is 0 Å². The highest BCUT2D eigenvalue weighted by Gasteiger charge is 2.76. The molecule has 0 spiro atoms. The lowest BCUT2D eigenvalue weighted by Crippen LogP contribution is -2.70. The molecule has 9 nitrogen and oxygen atoms in total. The molecule has 6 saturated carbocycles. The summed E-state index contributed by atoms with van der Waals surface area (Å²) >= 11 is 0. The van der Waals surface area contributed by atoms with Crippen LogP contribution in [0.1, 0.15) is 158 Å². The summed E-state index contributed by atoms with van der Waals surface area (Å²) in [5.41, 5.74) is 1.55. The van der Waals surface area contributed by atoms with Gasteiger partial charge in [0.2, 0.25) is 5.91 Å². The van der Waals surface area contributed by atoms with Crippen molar-refractivity contribution in [3.63, 3.8) is 0 Å². The molecule has 1 saturated heterocycles. The van der Waals surface area contributed by atoms with Crippen molar-refractivity contribution in [2.45, 2.75) is 164 Å². The van der Waals surface area contributed by atoms with E-state index in [1.165, 1.54) is 17.7 Å². The lowest BCUT2D eigenvalue weighted by atomic mass is 9.30. The number of amides is 1. The molecular weight excluding hydrogens is 828 g/mol. The third-order valence-electron chi connectivity index (χ3n) is 21.9. The number of likely N-dealkylation sites (N-methyl/N-ethyl adjacent to an activating group) is 1. The van der Waals surface area contributed by atoms with Crippen molar-refractivity contribution in [2.75, 3.05) is 27.2 Å². The molecule has 2 heterocycles. The number of carboxylic acids is 1. The first-order valence-electron chi connectivity index (χ1n) is 25.8. The molecule has 7 fully saturated rings. The zero-order valence-corrected chi connectivity index (χ0v) is 42.3. The fourth-order valence-electron chi connectivity index (χ4n) is 17.9. The maximum atomic E-state index is 16.1. The first kappa shape index (κ1) is 47.5. The number of fused-ring (bicyclic) bond motifs is 7. The Morgan fingerprint density at radius 2 is 1.50 bits per heavy atom. The van der Waals surface area contributed by atoms with Gasteiger partial charge in [0.05, 0.1) is 29.0 Å². The van der Waals surface area contributed by atoms with Gasteiger partial charge in [-0.15, -0.1) is 0 Å². The molecule has 362 valence electrons. The van der Waals surface area contributed by atoms with Gasteiger partial charge in [-0.05, 0) is 180 Å². The van der Waals surface area contributed by atoms with Crippen molar-refractivity contribution in [3.05, 3.63) is 54.3 Å². The van der Waals surface area contributed by atoms with Gasteiger partial charge in [-0.1, -0.05) is 67.5 Å². The highest BCUT2D eigenvalue weighted by molar-refractivity contribution is 5.85. The van der Waals surface area contributed by atoms with Gasteiger partial charge >= 0.3 is 11.9 Å². The number of imidazole rings is 1. The van der Waals surface area contributed by atoms with Crippen molar-refractivity contribution in [2.24, 2.45) is 73.4 Å². The second-order valence-electron chi connectivity index (χ2n) is 25.3. The molecule has 1 amide bonds. The van der Waals surface area contributed by atoms with Crippen LogP contribution in [0, 0.1) is 79.2 Å². The van der Waals surface area contributed by atoms with Gasteiger partial charge in [-0.3, -0.25) is 14.4 Å². The average molecular weight is 909 g/mol. The van der Waals surface area contributed by atoms with Crippen LogP contribution in [-0.4, -0.2) is 75.6 Å². The van der Waals surface area contributed by atoms with E-state index < -0.39 is 22.7 Å². The molecule has 10 heteroatoms. The number of benzene rings is 1. The summed E-state index contributed by atoms with van der Waals surface area (Å²) in [6.45, 7) is 28.1. The second kappa shape index (κ2) is 16.0. The Bertz CT molecular complexity index is 2270. The molecular formula is C56H81FN4O5. The number of halogens is 1. The van der Waals surface area contributed by atoms with Crippen LogP contribution in [-0.2, 0) is 25.7 Å². The Morgan fingerprint density at radius 3 is 2.15 bits per heavy atom. The molecule has 0 bridgehead atoms. The number of aromatic nitrogens is 2. The summed E-state index contributed by atoms with van der Waals surface area (Å²) in [7, 11) is 4.17. The van der Waals surface area contributed by atoms with Crippen molar-refractivity contribution in [1.82, 2.24) is 19.4 Å². The molecule has 9 rings (SSSR count). The van der Waals surface area contributed by atoms with E-state index >= 15 is 4.79 Å². The van der Waals surface area contributed by atoms with Crippen LogP contribution < -0.4 is 0 Å². The van der Waals surface area contributed by atoms with E-state index in [1.54, 1.807) is 12.1 Å². The van der Waals surface area contributed by atoms with Gasteiger partial charge < -0.3 is 24.2 Å². The van der Waals surface area contributed by atoms with Gasteiger partial charge in [0.15, 0.2) is 0 Å². The lowest BCUT2D eigenvalue weighted by Gasteiger charge is -2.74. The van der Waals surface area contributed by atoms with Crippen molar-refractivity contribution < 1.29 is 28.6 Å². The minimum absolute atomic E-state index is 0.0291. The van der Waals surface area contributed by atoms with E-state index in [2.05, 4.69) is 89.7 Å². The second-order valence-corrected chi connectivity index (χ2v) is 25.3. The monoisotopic (exact) mass is 909 g/mol. The van der Waals surface area contributed by atoms with E-state index in [4.69, 9.17) is 9.72 Å². The maximum absolute atomic E-state index is 16.1. The number of rotatable bonds is 10. The summed E-state index contributed by atoms with van der Waals surface area (Å²) in [5, 5.41) is 9.75. The fraction of sp³-hybridized carbons (Fsp3) is 0.750. The van der Waals surface area contributed by atoms with Gasteiger partial charge in [0, 0.05) is 36.8 Å². The molecule has 1 N–H and O–H groups in total. The number of carboxylic acid groups (broad SMARTS) is 1. The Labute approximate surface area is 395 Å². The zero-order chi connectivity index (χ0) is 47.7. The number of esters is 1. The number of nitrogens with zero attached hydrogens (tertiary/aromatic N) is 4. The largest absolute Gasteiger partial charge is 0.481 e. The average Bonchev–Trinajstić information content (AvgIpc) is 3.97. The Morgan fingerprint density at radius 1 is 0.818 bits per heavy atom. The Hall–Kier alpha value is -3.53. The highest BCUT2D eigenvalue weighted by atomic mass is 19.1. The van der Waals surface area contributed by atoms with Crippen molar-refractivity contribution in [1.29, 1.82) is 0 Å². The standard InChI is InChI=1S/C56H81FN4O5/c1-34(2)37-21-26-56(49(65)61-29-13-14-41(61)46-58-40(33-60(46)31-30-59(11)12)35-15-17-36(57)18-16-35)28-27-54(9)44(55(37,56)10)20-19-43-52(7)24-23-45(51(5,6)42(52)22-25-53(43,54)8)66-48(64)39-32-38(47(62)63)50(39,3)4/h15-18,33,37-39,41-45H,1,13-14,19-32H2,2-12H3,(H,62,63)/t37-,38-,39+,41-,42-,43+,44-,45-,52-,53+,54+,55+,56+/m0/s1. The molecule has 1 aromatic carbocycles. The van der Waals surface area contributed by atoms with Gasteiger partial charge in [0.25, 0.3) is 0 Å². The summed E-state index contributed by atoms with van der Waals surface area (Å²) in [5.74, 6) is 0.621. The molecule has 7 aliphatic rings. The first-order chi connectivity index (χ1) is 30.9. The predicted octanol–water partition coefficient (Wildman–Crippen LogP) is 11.6. The first-order valence-corrected chi connectivity index (χ1v) is 25.8. The third kappa shape index (κ3) is 6.64. The number of carbonyl (C=O) groups excluding carboxylic acids is 2. The molecule has 2 aromatic rings.